The van der Waals surface area contributed by atoms with Crippen LogP contribution in [0.25, 0.3) is 0 Å². The first-order chi connectivity index (χ1) is 4.74. The van der Waals surface area contributed by atoms with Crippen molar-refractivity contribution in [2.24, 2.45) is 0 Å². The Balaban J connectivity index is 2.57. The van der Waals surface area contributed by atoms with Crippen LogP contribution in [0, 0.1) is 0 Å². The molecule has 1 heterocycles. The molecule has 1 N–H and O–H groups in total. The van der Waals surface area contributed by atoms with Crippen molar-refractivity contribution in [3.63, 3.8) is 0 Å². The molecule has 1 atom stereocenters. The second kappa shape index (κ2) is 2.84. The zero-order valence-corrected chi connectivity index (χ0v) is 5.83. The number of hydrogen-bond donors (Lipinski definition) is 1. The molecule has 3 nitrogen and oxygen atoms in total. The zero-order chi connectivity index (χ0) is 7.56. The third-order valence-corrected chi connectivity index (χ3v) is 1.35. The van der Waals surface area contributed by atoms with Crippen LogP contribution in [0.2, 0.25) is 0 Å². The summed E-state index contributed by atoms with van der Waals surface area (Å²) in [6, 6.07) is 0. The monoisotopic (exact) mass is 142 g/mol. The fraction of sp³-hybridized carbons (Fsp3) is 0.571. The van der Waals surface area contributed by atoms with Crippen LogP contribution in [0.1, 0.15) is 19.8 Å². The molecule has 1 aliphatic heterocycles. The Kier molecular flexibility index (Phi) is 2.06. The number of cyclic esters (lactones) is 1. The first kappa shape index (κ1) is 7.28. The topological polar surface area (TPSA) is 46.5 Å². The number of carbonyl (C=O) groups excluding carboxylic acids is 1. The minimum absolute atomic E-state index is 0.380. The highest BCUT2D eigenvalue weighted by atomic mass is 16.6. The third-order valence-electron chi connectivity index (χ3n) is 1.35. The predicted octanol–water partition coefficient (Wildman–Crippen LogP) is 0.588. The van der Waals surface area contributed by atoms with Crippen LogP contribution in [-0.4, -0.2) is 17.4 Å². The highest BCUT2D eigenvalue weighted by Gasteiger charge is 2.21. The smallest absolute Gasteiger partial charge is 0.336 e. The second-order valence-electron chi connectivity index (χ2n) is 2.24. The molecule has 3 heteroatoms. The molecule has 1 aliphatic rings. The molecule has 0 unspecified atom stereocenters. The number of rotatable bonds is 2. The molecule has 0 aromatic carbocycles. The Labute approximate surface area is 59.3 Å². The molecular formula is C7H10O3. The van der Waals surface area contributed by atoms with Gasteiger partial charge in [0.25, 0.3) is 0 Å². The van der Waals surface area contributed by atoms with E-state index in [1.165, 1.54) is 6.08 Å². The van der Waals surface area contributed by atoms with Gasteiger partial charge in [-0.3, -0.25) is 0 Å². The van der Waals surface area contributed by atoms with Gasteiger partial charge < -0.3 is 9.84 Å². The lowest BCUT2D eigenvalue weighted by Gasteiger charge is -1.96. The van der Waals surface area contributed by atoms with Crippen molar-refractivity contribution in [2.45, 2.75) is 26.1 Å². The first-order valence-electron chi connectivity index (χ1n) is 3.33. The molecular weight excluding hydrogens is 132 g/mol. The Morgan fingerprint density at radius 3 is 2.90 bits per heavy atom. The van der Waals surface area contributed by atoms with Crippen LogP contribution in [0.5, 0.6) is 0 Å². The van der Waals surface area contributed by atoms with Crippen LogP contribution in [0.15, 0.2) is 11.6 Å². The van der Waals surface area contributed by atoms with E-state index in [-0.39, 0.29) is 5.97 Å². The van der Waals surface area contributed by atoms with Crippen LogP contribution < -0.4 is 0 Å². The van der Waals surface area contributed by atoms with Gasteiger partial charge in [0.15, 0.2) is 0 Å². The number of aliphatic hydroxyl groups is 1. The van der Waals surface area contributed by atoms with E-state index in [1.54, 1.807) is 0 Å². The molecule has 0 amide bonds. The van der Waals surface area contributed by atoms with Gasteiger partial charge in [-0.25, -0.2) is 4.79 Å². The molecule has 0 aromatic rings. The number of carbonyl (C=O) groups is 1. The Morgan fingerprint density at radius 2 is 2.50 bits per heavy atom. The van der Waals surface area contributed by atoms with Crippen molar-refractivity contribution < 1.29 is 14.6 Å². The summed E-state index contributed by atoms with van der Waals surface area (Å²) < 4.78 is 4.45. The maximum absolute atomic E-state index is 10.7. The van der Waals surface area contributed by atoms with Gasteiger partial charge in [0, 0.05) is 5.57 Å². The summed E-state index contributed by atoms with van der Waals surface area (Å²) in [4.78, 5) is 10.7. The molecule has 0 aromatic heterocycles. The van der Waals surface area contributed by atoms with E-state index in [4.69, 9.17) is 5.11 Å². The fourth-order valence-electron chi connectivity index (χ4n) is 0.914. The van der Waals surface area contributed by atoms with E-state index in [9.17, 15) is 4.79 Å². The Bertz CT molecular complexity index is 172. The van der Waals surface area contributed by atoms with E-state index in [1.807, 2.05) is 6.92 Å². The molecule has 0 spiro atoms. The molecule has 0 radical (unpaired) electrons. The normalized spacial score (nSPS) is 24.4. The van der Waals surface area contributed by atoms with E-state index in [0.29, 0.717) is 12.0 Å². The van der Waals surface area contributed by atoms with Gasteiger partial charge in [-0.1, -0.05) is 13.3 Å². The summed E-state index contributed by atoms with van der Waals surface area (Å²) in [6.45, 7) is 1.97. The van der Waals surface area contributed by atoms with Gasteiger partial charge in [-0.15, -0.1) is 0 Å². The Morgan fingerprint density at radius 1 is 1.80 bits per heavy atom. The van der Waals surface area contributed by atoms with Gasteiger partial charge in [0.1, 0.15) is 0 Å². The van der Waals surface area contributed by atoms with Gasteiger partial charge in [-0.2, -0.15) is 0 Å². The van der Waals surface area contributed by atoms with E-state index in [2.05, 4.69) is 4.74 Å². The van der Waals surface area contributed by atoms with Gasteiger partial charge in [0.05, 0.1) is 0 Å². The summed E-state index contributed by atoms with van der Waals surface area (Å²) in [5.74, 6) is -0.380. The summed E-state index contributed by atoms with van der Waals surface area (Å²) in [5, 5.41) is 8.78. The Hall–Kier alpha value is -0.830. The number of aliphatic hydroxyl groups excluding tert-OH is 1. The second-order valence-corrected chi connectivity index (χ2v) is 2.24. The molecule has 10 heavy (non-hydrogen) atoms. The lowest BCUT2D eigenvalue weighted by Crippen LogP contribution is -2.06. The maximum Gasteiger partial charge on any atom is 0.336 e. The average molecular weight is 142 g/mol. The van der Waals surface area contributed by atoms with Crippen molar-refractivity contribution in [3.8, 4) is 0 Å². The van der Waals surface area contributed by atoms with E-state index in [0.717, 1.165) is 6.42 Å². The summed E-state index contributed by atoms with van der Waals surface area (Å²) in [7, 11) is 0. The molecule has 1 rings (SSSR count). The molecule has 0 bridgehead atoms. The van der Waals surface area contributed by atoms with Crippen molar-refractivity contribution in [1.82, 2.24) is 0 Å². The lowest BCUT2D eigenvalue weighted by molar-refractivity contribution is -0.151. The SMILES string of the molecule is CCCC1=C[C@@H](O)OC1=O. The quantitative estimate of drug-likeness (QED) is 0.574. The van der Waals surface area contributed by atoms with Crippen LogP contribution >= 0.6 is 0 Å². The van der Waals surface area contributed by atoms with E-state index >= 15 is 0 Å². The largest absolute Gasteiger partial charge is 0.429 e. The minimum Gasteiger partial charge on any atom is -0.429 e. The maximum atomic E-state index is 10.7. The summed E-state index contributed by atoms with van der Waals surface area (Å²) >= 11 is 0. The standard InChI is InChI=1S/C7H10O3/c1-2-3-5-4-6(8)10-7(5)9/h4,6,8H,2-3H2,1H3/t6-/m0/s1. The van der Waals surface area contributed by atoms with Crippen molar-refractivity contribution in [3.05, 3.63) is 11.6 Å². The molecule has 0 saturated heterocycles. The van der Waals surface area contributed by atoms with E-state index < -0.39 is 6.29 Å². The molecule has 56 valence electrons. The number of ether oxygens (including phenoxy) is 1. The van der Waals surface area contributed by atoms with Crippen molar-refractivity contribution >= 4 is 5.97 Å². The van der Waals surface area contributed by atoms with Gasteiger partial charge >= 0.3 is 5.97 Å². The lowest BCUT2D eigenvalue weighted by atomic mass is 10.1. The third kappa shape index (κ3) is 1.36. The van der Waals surface area contributed by atoms with Crippen LogP contribution in [-0.2, 0) is 9.53 Å². The predicted molar refractivity (Wildman–Crippen MR) is 35.1 cm³/mol. The van der Waals surface area contributed by atoms with Gasteiger partial charge in [-0.05, 0) is 12.5 Å². The van der Waals surface area contributed by atoms with Gasteiger partial charge in [0.2, 0.25) is 6.29 Å². The average Bonchev–Trinajstić information content (AvgIpc) is 2.13. The first-order valence-corrected chi connectivity index (χ1v) is 3.33. The molecule has 0 saturated carbocycles. The highest BCUT2D eigenvalue weighted by molar-refractivity contribution is 5.90. The van der Waals surface area contributed by atoms with Crippen LogP contribution in [0.3, 0.4) is 0 Å². The fourth-order valence-corrected chi connectivity index (χ4v) is 0.914. The summed E-state index contributed by atoms with van der Waals surface area (Å²) in [5.41, 5.74) is 0.593. The number of esters is 1. The minimum atomic E-state index is -1.01. The number of hydrogen-bond acceptors (Lipinski definition) is 3. The summed E-state index contributed by atoms with van der Waals surface area (Å²) in [6.07, 6.45) is 2.03. The van der Waals surface area contributed by atoms with Crippen LogP contribution in [0.4, 0.5) is 0 Å². The molecule has 0 fully saturated rings. The van der Waals surface area contributed by atoms with Crippen molar-refractivity contribution in [1.29, 1.82) is 0 Å². The molecule has 0 aliphatic carbocycles. The highest BCUT2D eigenvalue weighted by Crippen LogP contribution is 2.15. The zero-order valence-electron chi connectivity index (χ0n) is 5.83. The van der Waals surface area contributed by atoms with Crippen molar-refractivity contribution in [2.75, 3.05) is 0 Å².